The van der Waals surface area contributed by atoms with Gasteiger partial charge in [-0.3, -0.25) is 4.79 Å². The molecule has 4 nitrogen and oxygen atoms in total. The molecule has 0 saturated heterocycles. The molecule has 2 aromatic rings. The third-order valence-electron chi connectivity index (χ3n) is 3.43. The van der Waals surface area contributed by atoms with Crippen molar-refractivity contribution < 1.29 is 27.8 Å². The summed E-state index contributed by atoms with van der Waals surface area (Å²) >= 11 is 0. The lowest BCUT2D eigenvalue weighted by molar-refractivity contribution is -0.153. The molecular weight excluding hydrogens is 335 g/mol. The molecule has 2 N–H and O–H groups in total. The second kappa shape index (κ2) is 8.53. The van der Waals surface area contributed by atoms with Gasteiger partial charge in [-0.1, -0.05) is 42.5 Å². The highest BCUT2D eigenvalue weighted by molar-refractivity contribution is 5.73. The van der Waals surface area contributed by atoms with Crippen molar-refractivity contribution in [3.8, 4) is 5.75 Å². The maximum atomic E-state index is 12.2. The van der Waals surface area contributed by atoms with Gasteiger partial charge in [0.25, 0.3) is 0 Å². The normalized spacial score (nSPS) is 12.6. The first-order valence-corrected chi connectivity index (χ1v) is 7.62. The fourth-order valence-corrected chi connectivity index (χ4v) is 2.25. The second-order valence-electron chi connectivity index (χ2n) is 5.51. The van der Waals surface area contributed by atoms with E-state index in [0.717, 1.165) is 5.56 Å². The minimum Gasteiger partial charge on any atom is -0.484 e. The van der Waals surface area contributed by atoms with Crippen molar-refractivity contribution in [2.75, 3.05) is 6.61 Å². The first-order chi connectivity index (χ1) is 11.8. The van der Waals surface area contributed by atoms with E-state index in [1.165, 1.54) is 12.1 Å². The van der Waals surface area contributed by atoms with Gasteiger partial charge in [-0.05, 0) is 29.7 Å². The maximum absolute atomic E-state index is 12.2. The van der Waals surface area contributed by atoms with Crippen LogP contribution < -0.4 is 10.1 Å². The molecule has 0 amide bonds. The number of carbonyl (C=O) groups is 1. The Labute approximate surface area is 143 Å². The molecule has 7 heteroatoms. The van der Waals surface area contributed by atoms with Crippen LogP contribution in [0, 0.1) is 0 Å². The first-order valence-electron chi connectivity index (χ1n) is 7.62. The zero-order valence-corrected chi connectivity index (χ0v) is 13.3. The van der Waals surface area contributed by atoms with E-state index in [0.29, 0.717) is 12.0 Å². The number of rotatable bonds is 8. The quantitative estimate of drug-likeness (QED) is 0.764. The van der Waals surface area contributed by atoms with Gasteiger partial charge in [0.05, 0.1) is 0 Å². The number of aliphatic carboxylic acids is 1. The number of hydrogen-bond acceptors (Lipinski definition) is 3. The van der Waals surface area contributed by atoms with E-state index in [9.17, 15) is 23.1 Å². The third kappa shape index (κ3) is 6.84. The van der Waals surface area contributed by atoms with E-state index >= 15 is 0 Å². The summed E-state index contributed by atoms with van der Waals surface area (Å²) in [6, 6.07) is 14.5. The fourth-order valence-electron chi connectivity index (χ4n) is 2.25. The lowest BCUT2D eigenvalue weighted by Crippen LogP contribution is -2.38. The Bertz CT molecular complexity index is 689. The van der Waals surface area contributed by atoms with Crippen molar-refractivity contribution in [2.45, 2.75) is 25.2 Å². The lowest BCUT2D eigenvalue weighted by atomic mass is 10.1. The van der Waals surface area contributed by atoms with Crippen LogP contribution in [-0.4, -0.2) is 29.9 Å². The number of benzene rings is 2. The van der Waals surface area contributed by atoms with Crippen molar-refractivity contribution in [3.63, 3.8) is 0 Å². The average molecular weight is 353 g/mol. The van der Waals surface area contributed by atoms with Crippen molar-refractivity contribution in [1.82, 2.24) is 5.32 Å². The molecule has 0 heterocycles. The molecule has 0 spiro atoms. The van der Waals surface area contributed by atoms with Crippen molar-refractivity contribution >= 4 is 5.97 Å². The highest BCUT2D eigenvalue weighted by Gasteiger charge is 2.28. The summed E-state index contributed by atoms with van der Waals surface area (Å²) in [5.41, 5.74) is 1.52. The fraction of sp³-hybridized carbons (Fsp3) is 0.278. The molecule has 2 rings (SSSR count). The molecule has 0 aromatic heterocycles. The summed E-state index contributed by atoms with van der Waals surface area (Å²) in [6.45, 7) is -1.16. The van der Waals surface area contributed by atoms with Gasteiger partial charge in [0, 0.05) is 6.54 Å². The Hall–Kier alpha value is -2.54. The number of halogens is 3. The monoisotopic (exact) mass is 353 g/mol. The molecule has 0 bridgehead atoms. The summed E-state index contributed by atoms with van der Waals surface area (Å²) in [5, 5.41) is 12.2. The third-order valence-corrected chi connectivity index (χ3v) is 3.43. The van der Waals surface area contributed by atoms with Crippen LogP contribution in [-0.2, 0) is 17.8 Å². The Balaban J connectivity index is 1.95. The maximum Gasteiger partial charge on any atom is 0.422 e. The van der Waals surface area contributed by atoms with E-state index in [2.05, 4.69) is 5.32 Å². The summed E-state index contributed by atoms with van der Waals surface area (Å²) < 4.78 is 41.3. The largest absolute Gasteiger partial charge is 0.484 e. The van der Waals surface area contributed by atoms with Gasteiger partial charge in [0.2, 0.25) is 0 Å². The smallest absolute Gasteiger partial charge is 0.422 e. The van der Waals surface area contributed by atoms with Crippen LogP contribution in [0.15, 0.2) is 54.6 Å². The predicted molar refractivity (Wildman–Crippen MR) is 86.4 cm³/mol. The molecular formula is C18H18F3NO3. The minimum atomic E-state index is -4.40. The van der Waals surface area contributed by atoms with Gasteiger partial charge in [-0.15, -0.1) is 0 Å². The summed E-state index contributed by atoms with van der Waals surface area (Å²) in [7, 11) is 0. The highest BCUT2D eigenvalue weighted by Crippen LogP contribution is 2.19. The standard InChI is InChI=1S/C18H18F3NO3/c19-18(20,21)12-25-15-8-4-7-14(9-15)11-22-16(17(23)24)10-13-5-2-1-3-6-13/h1-9,16,22H,10-12H2,(H,23,24)/t16-/m1/s1. The zero-order chi connectivity index (χ0) is 18.3. The van der Waals surface area contributed by atoms with Crippen molar-refractivity contribution in [2.24, 2.45) is 0 Å². The van der Waals surface area contributed by atoms with Crippen LogP contribution >= 0.6 is 0 Å². The zero-order valence-electron chi connectivity index (χ0n) is 13.3. The predicted octanol–water partition coefficient (Wildman–Crippen LogP) is 3.41. The number of alkyl halides is 3. The van der Waals surface area contributed by atoms with Crippen LogP contribution in [0.2, 0.25) is 0 Å². The number of carboxylic acid groups (broad SMARTS) is 1. The SMILES string of the molecule is O=C(O)[C@@H](Cc1ccccc1)NCc1cccc(OCC(F)(F)F)c1. The molecule has 0 aliphatic carbocycles. The van der Waals surface area contributed by atoms with Crippen LogP contribution in [0.5, 0.6) is 5.75 Å². The molecule has 0 unspecified atom stereocenters. The van der Waals surface area contributed by atoms with Crippen LogP contribution in [0.3, 0.4) is 0 Å². The van der Waals surface area contributed by atoms with Gasteiger partial charge >= 0.3 is 12.1 Å². The minimum absolute atomic E-state index is 0.0894. The number of hydrogen-bond donors (Lipinski definition) is 2. The Morgan fingerprint density at radius 1 is 1.08 bits per heavy atom. The van der Waals surface area contributed by atoms with Gasteiger partial charge in [-0.25, -0.2) is 0 Å². The summed E-state index contributed by atoms with van der Waals surface area (Å²) in [4.78, 5) is 11.4. The van der Waals surface area contributed by atoms with E-state index in [1.54, 1.807) is 12.1 Å². The van der Waals surface area contributed by atoms with Crippen LogP contribution in [0.1, 0.15) is 11.1 Å². The Morgan fingerprint density at radius 3 is 2.40 bits per heavy atom. The molecule has 134 valence electrons. The molecule has 0 saturated carbocycles. The number of ether oxygens (including phenoxy) is 1. The topological polar surface area (TPSA) is 58.6 Å². The Kier molecular flexibility index (Phi) is 6.41. The molecule has 1 atom stereocenters. The van der Waals surface area contributed by atoms with E-state index in [1.807, 2.05) is 30.3 Å². The highest BCUT2D eigenvalue weighted by atomic mass is 19.4. The number of carboxylic acids is 1. The van der Waals surface area contributed by atoms with Crippen molar-refractivity contribution in [1.29, 1.82) is 0 Å². The Morgan fingerprint density at radius 2 is 1.76 bits per heavy atom. The summed E-state index contributed by atoms with van der Waals surface area (Å²) in [6.07, 6.45) is -4.10. The van der Waals surface area contributed by atoms with E-state index in [4.69, 9.17) is 4.74 Å². The second-order valence-corrected chi connectivity index (χ2v) is 5.51. The van der Waals surface area contributed by atoms with Gasteiger partial charge in [0.15, 0.2) is 6.61 Å². The van der Waals surface area contributed by atoms with Gasteiger partial charge in [-0.2, -0.15) is 13.2 Å². The van der Waals surface area contributed by atoms with Gasteiger partial charge in [0.1, 0.15) is 11.8 Å². The average Bonchev–Trinajstić information content (AvgIpc) is 2.57. The molecule has 0 fully saturated rings. The number of nitrogens with one attached hydrogen (secondary N) is 1. The van der Waals surface area contributed by atoms with E-state index in [-0.39, 0.29) is 12.3 Å². The molecule has 0 radical (unpaired) electrons. The van der Waals surface area contributed by atoms with Crippen LogP contribution in [0.25, 0.3) is 0 Å². The summed E-state index contributed by atoms with van der Waals surface area (Å²) in [5.74, 6) is -0.903. The molecule has 2 aromatic carbocycles. The van der Waals surface area contributed by atoms with Crippen LogP contribution in [0.4, 0.5) is 13.2 Å². The molecule has 0 aliphatic rings. The molecule has 0 aliphatic heterocycles. The molecule has 25 heavy (non-hydrogen) atoms. The van der Waals surface area contributed by atoms with E-state index < -0.39 is 24.8 Å². The van der Waals surface area contributed by atoms with Crippen molar-refractivity contribution in [3.05, 3.63) is 65.7 Å². The van der Waals surface area contributed by atoms with Gasteiger partial charge < -0.3 is 15.2 Å². The lowest BCUT2D eigenvalue weighted by Gasteiger charge is -2.15. The first kappa shape index (κ1) is 18.8.